The second kappa shape index (κ2) is 15.3. The lowest BCUT2D eigenvalue weighted by molar-refractivity contribution is 0.202. The predicted molar refractivity (Wildman–Crippen MR) is 266 cm³/mol. The van der Waals surface area contributed by atoms with Crippen LogP contribution in [0.3, 0.4) is 0 Å². The van der Waals surface area contributed by atoms with Gasteiger partial charge >= 0.3 is 0 Å². The van der Waals surface area contributed by atoms with Crippen molar-refractivity contribution in [2.45, 2.75) is 146 Å². The number of hydrogen-bond acceptors (Lipinski definition) is 3. The molecule has 2 fully saturated rings. The Morgan fingerprint density at radius 2 is 1.49 bits per heavy atom. The minimum atomic E-state index is 0.00266. The molecule has 3 aliphatic heterocycles. The summed E-state index contributed by atoms with van der Waals surface area (Å²) in [6.07, 6.45) is 73.5. The Morgan fingerprint density at radius 1 is 0.631 bits per heavy atom. The third-order valence-electron chi connectivity index (χ3n) is 19.1. The number of nitrogens with zero attached hydrogens (tertiary/aromatic N) is 4. The van der Waals surface area contributed by atoms with Gasteiger partial charge in [0.1, 0.15) is 0 Å². The molecule has 1 saturated heterocycles. The van der Waals surface area contributed by atoms with Crippen molar-refractivity contribution in [3.8, 4) is 0 Å². The molecule has 14 rings (SSSR count). The first-order valence-corrected chi connectivity index (χ1v) is 26.4. The Balaban J connectivity index is 0.731. The van der Waals surface area contributed by atoms with Crippen LogP contribution in [0.1, 0.15) is 125 Å². The van der Waals surface area contributed by atoms with E-state index >= 15 is 0 Å². The Bertz CT molecular complexity index is 2650. The second-order valence-electron chi connectivity index (χ2n) is 22.2. The lowest BCUT2D eigenvalue weighted by Gasteiger charge is -2.43. The normalized spacial score (nSPS) is 38.0. The van der Waals surface area contributed by atoms with Crippen LogP contribution in [0.25, 0.3) is 6.08 Å². The highest BCUT2D eigenvalue weighted by atomic mass is 15.3. The van der Waals surface area contributed by atoms with Gasteiger partial charge in [0.25, 0.3) is 0 Å². The maximum absolute atomic E-state index is 2.88. The van der Waals surface area contributed by atoms with E-state index in [1.807, 2.05) is 0 Å². The molecule has 11 unspecified atom stereocenters. The minimum Gasteiger partial charge on any atom is -0.358 e. The Labute approximate surface area is 388 Å². The number of aromatic nitrogens is 1. The van der Waals surface area contributed by atoms with Gasteiger partial charge < -0.3 is 19.3 Å². The SMILES string of the molecule is CC12C=CC=CC1C1C=CC=CC1N2C1=Cc2c(c3c(n2C2C=CC(C4C=CC(N5C6=C(CCC(N7C8=C(C=CCC8)C8C=CC=CC87)=C6)C6CCCCC65)=CC4)CC2)CCCC3)CC1. The standard InChI is InChI=1S/C61H68N4/c1-61-37-13-12-19-53(61)52-18-6-11-24-58(52)65(61)45-34-36-51-49-17-5-8-21-55(49)63(60(51)39-45)43-31-27-41(28-32-43)40-25-29-42(30-26-40)62-54-20-7-4-16-48(54)50-35-33-44(38-59(50)62)64-56-22-9-2-14-46(56)47-15-3-10-23-57(47)64/h2-3,6,9,11-15,18-19,22,24-25,27,29-31,37-41,43,46,48,52-54,56,58H,4-5,7-8,10,16-17,20-21,23,26,28,32-36H2,1H3. The fraction of sp³-hybridized carbons (Fsp3) is 0.475. The summed E-state index contributed by atoms with van der Waals surface area (Å²) in [7, 11) is 0. The van der Waals surface area contributed by atoms with Crippen molar-refractivity contribution in [2.75, 3.05) is 0 Å². The molecule has 10 aliphatic carbocycles. The average molecular weight is 857 g/mol. The van der Waals surface area contributed by atoms with Crippen molar-refractivity contribution in [1.29, 1.82) is 0 Å². The summed E-state index contributed by atoms with van der Waals surface area (Å²) < 4.78 is 2.88. The number of rotatable bonds is 5. The summed E-state index contributed by atoms with van der Waals surface area (Å²) in [5.41, 5.74) is 17.7. The monoisotopic (exact) mass is 857 g/mol. The van der Waals surface area contributed by atoms with Crippen LogP contribution in [0, 0.1) is 35.5 Å². The molecule has 13 aliphatic rings. The lowest BCUT2D eigenvalue weighted by atomic mass is 9.76. The molecule has 1 aromatic rings. The van der Waals surface area contributed by atoms with Crippen LogP contribution in [-0.2, 0) is 19.3 Å². The first kappa shape index (κ1) is 39.2. The third-order valence-corrected chi connectivity index (χ3v) is 19.1. The minimum absolute atomic E-state index is 0.00266. The van der Waals surface area contributed by atoms with Crippen molar-refractivity contribution < 1.29 is 0 Å². The summed E-state index contributed by atoms with van der Waals surface area (Å²) in [6.45, 7) is 2.51. The van der Waals surface area contributed by atoms with Crippen LogP contribution in [0.15, 0.2) is 161 Å². The smallest absolute Gasteiger partial charge is 0.0632 e. The van der Waals surface area contributed by atoms with Crippen LogP contribution in [0.4, 0.5) is 0 Å². The first-order valence-electron chi connectivity index (χ1n) is 26.4. The van der Waals surface area contributed by atoms with Gasteiger partial charge in [0.2, 0.25) is 0 Å². The van der Waals surface area contributed by atoms with E-state index in [-0.39, 0.29) is 5.54 Å². The molecule has 11 atom stereocenters. The summed E-state index contributed by atoms with van der Waals surface area (Å²) in [5.74, 6) is 3.43. The molecule has 0 spiro atoms. The van der Waals surface area contributed by atoms with E-state index in [9.17, 15) is 0 Å². The van der Waals surface area contributed by atoms with E-state index < -0.39 is 0 Å². The van der Waals surface area contributed by atoms with E-state index in [1.165, 1.54) is 95.6 Å². The highest BCUT2D eigenvalue weighted by Gasteiger charge is 2.54. The van der Waals surface area contributed by atoms with Gasteiger partial charge in [-0.1, -0.05) is 122 Å². The molecule has 0 radical (unpaired) electrons. The zero-order valence-corrected chi connectivity index (χ0v) is 38.7. The highest BCUT2D eigenvalue weighted by molar-refractivity contribution is 5.63. The fourth-order valence-corrected chi connectivity index (χ4v) is 16.2. The van der Waals surface area contributed by atoms with Crippen LogP contribution in [-0.4, -0.2) is 42.9 Å². The van der Waals surface area contributed by atoms with Gasteiger partial charge in [-0.05, 0) is 156 Å². The Morgan fingerprint density at radius 3 is 2.40 bits per heavy atom. The maximum Gasteiger partial charge on any atom is 0.0632 e. The molecule has 65 heavy (non-hydrogen) atoms. The van der Waals surface area contributed by atoms with Crippen molar-refractivity contribution in [3.63, 3.8) is 0 Å². The van der Waals surface area contributed by atoms with Crippen molar-refractivity contribution in [3.05, 3.63) is 184 Å². The molecule has 0 N–H and O–H groups in total. The van der Waals surface area contributed by atoms with E-state index in [2.05, 4.69) is 154 Å². The number of likely N-dealkylation sites (tertiary alicyclic amines) is 1. The summed E-state index contributed by atoms with van der Waals surface area (Å²) >= 11 is 0. The van der Waals surface area contributed by atoms with Crippen LogP contribution in [0.5, 0.6) is 0 Å². The van der Waals surface area contributed by atoms with Crippen LogP contribution >= 0.6 is 0 Å². The molecular formula is C61H68N4. The van der Waals surface area contributed by atoms with Crippen molar-refractivity contribution in [2.24, 2.45) is 35.5 Å². The summed E-state index contributed by atoms with van der Waals surface area (Å²) in [6, 6.07) is 1.92. The first-order chi connectivity index (χ1) is 32.1. The molecular weight excluding hydrogens is 789 g/mol. The van der Waals surface area contributed by atoms with Crippen LogP contribution in [0.2, 0.25) is 0 Å². The molecule has 0 bridgehead atoms. The van der Waals surface area contributed by atoms with Gasteiger partial charge in [-0.25, -0.2) is 0 Å². The molecule has 1 saturated carbocycles. The third kappa shape index (κ3) is 5.93. The molecule has 4 heterocycles. The zero-order valence-electron chi connectivity index (χ0n) is 38.7. The molecule has 0 aromatic carbocycles. The van der Waals surface area contributed by atoms with E-state index in [4.69, 9.17) is 0 Å². The molecule has 1 aromatic heterocycles. The summed E-state index contributed by atoms with van der Waals surface area (Å²) in [4.78, 5) is 8.50. The number of hydrogen-bond donors (Lipinski definition) is 0. The van der Waals surface area contributed by atoms with Gasteiger partial charge in [0, 0.05) is 69.6 Å². The van der Waals surface area contributed by atoms with Crippen molar-refractivity contribution in [1.82, 2.24) is 19.3 Å². The Kier molecular flexibility index (Phi) is 9.23. The van der Waals surface area contributed by atoms with Gasteiger partial charge in [-0.3, -0.25) is 0 Å². The molecule has 0 amide bonds. The topological polar surface area (TPSA) is 14.7 Å². The average Bonchev–Trinajstić information content (AvgIpc) is 4.07. The van der Waals surface area contributed by atoms with E-state index in [0.29, 0.717) is 53.8 Å². The maximum atomic E-state index is 2.88. The Hall–Kier alpha value is -4.96. The fourth-order valence-electron chi connectivity index (χ4n) is 16.2. The van der Waals surface area contributed by atoms with Gasteiger partial charge in [-0.2, -0.15) is 0 Å². The van der Waals surface area contributed by atoms with Gasteiger partial charge in [0.05, 0.1) is 23.7 Å². The largest absolute Gasteiger partial charge is 0.358 e. The van der Waals surface area contributed by atoms with Gasteiger partial charge in [-0.15, -0.1) is 0 Å². The number of allylic oxidation sites excluding steroid dienone is 17. The molecule has 332 valence electrons. The van der Waals surface area contributed by atoms with E-state index in [0.717, 1.165) is 25.2 Å². The van der Waals surface area contributed by atoms with Crippen molar-refractivity contribution >= 4 is 6.08 Å². The van der Waals surface area contributed by atoms with E-state index in [1.54, 1.807) is 56.4 Å². The quantitative estimate of drug-likeness (QED) is 0.274. The lowest BCUT2D eigenvalue weighted by Crippen LogP contribution is -2.46. The molecule has 4 nitrogen and oxygen atoms in total. The predicted octanol–water partition coefficient (Wildman–Crippen LogP) is 13.4. The highest BCUT2D eigenvalue weighted by Crippen LogP contribution is 2.55. The number of fused-ring (bicyclic) bond motifs is 10. The summed E-state index contributed by atoms with van der Waals surface area (Å²) in [5, 5.41) is 0. The second-order valence-corrected chi connectivity index (χ2v) is 22.2. The zero-order chi connectivity index (χ0) is 42.8. The van der Waals surface area contributed by atoms with Gasteiger partial charge in [0.15, 0.2) is 0 Å². The molecule has 4 heteroatoms. The van der Waals surface area contributed by atoms with Crippen LogP contribution < -0.4 is 0 Å².